The lowest BCUT2D eigenvalue weighted by Crippen LogP contribution is -2.45. The highest BCUT2D eigenvalue weighted by atomic mass is 16.5. The fourth-order valence-corrected chi connectivity index (χ4v) is 4.28. The van der Waals surface area contributed by atoms with E-state index in [1.54, 1.807) is 0 Å². The zero-order valence-corrected chi connectivity index (χ0v) is 14.5. The summed E-state index contributed by atoms with van der Waals surface area (Å²) in [6.07, 6.45) is 7.44. The van der Waals surface area contributed by atoms with Crippen molar-refractivity contribution >= 4 is 5.95 Å². The van der Waals surface area contributed by atoms with E-state index in [0.29, 0.717) is 5.41 Å². The molecule has 0 saturated carbocycles. The predicted molar refractivity (Wildman–Crippen MR) is 91.8 cm³/mol. The Morgan fingerprint density at radius 1 is 1.12 bits per heavy atom. The highest BCUT2D eigenvalue weighted by Gasteiger charge is 2.42. The average Bonchev–Trinajstić information content (AvgIpc) is 3.14. The van der Waals surface area contributed by atoms with E-state index in [1.165, 1.54) is 24.8 Å². The average molecular weight is 327 g/mol. The number of aromatic nitrogens is 3. The molecule has 2 fully saturated rings. The fourth-order valence-electron chi connectivity index (χ4n) is 4.28. The van der Waals surface area contributed by atoms with E-state index in [4.69, 9.17) is 4.52 Å². The topological polar surface area (TPSA) is 58.3 Å². The zero-order chi connectivity index (χ0) is 16.6. The minimum atomic E-state index is 0.371. The summed E-state index contributed by atoms with van der Waals surface area (Å²) >= 11 is 0. The summed E-state index contributed by atoms with van der Waals surface area (Å²) in [6.45, 7) is 9.41. The van der Waals surface area contributed by atoms with E-state index in [0.717, 1.165) is 50.1 Å². The van der Waals surface area contributed by atoms with Crippen LogP contribution in [0.3, 0.4) is 0 Å². The van der Waals surface area contributed by atoms with E-state index in [-0.39, 0.29) is 0 Å². The molecule has 1 atom stereocenters. The SMILES string of the molecule is Cc1noc(C)c1CN1CC[C@@]2(CCCN(c3ncccn3)C2)C1. The molecule has 2 saturated heterocycles. The zero-order valence-electron chi connectivity index (χ0n) is 14.5. The molecule has 0 aromatic carbocycles. The molecule has 2 aromatic heterocycles. The number of hydrogen-bond donors (Lipinski definition) is 0. The number of aryl methyl sites for hydroxylation is 2. The second kappa shape index (κ2) is 6.16. The molecule has 0 N–H and O–H groups in total. The fraction of sp³-hybridized carbons (Fsp3) is 0.611. The van der Waals surface area contributed by atoms with Crippen molar-refractivity contribution in [2.24, 2.45) is 5.41 Å². The van der Waals surface area contributed by atoms with Crippen LogP contribution < -0.4 is 4.90 Å². The molecular weight excluding hydrogens is 302 g/mol. The summed E-state index contributed by atoms with van der Waals surface area (Å²) in [6, 6.07) is 1.88. The normalized spacial score (nSPS) is 24.8. The molecule has 2 aromatic rings. The van der Waals surface area contributed by atoms with Crippen molar-refractivity contribution in [3.63, 3.8) is 0 Å². The van der Waals surface area contributed by atoms with Crippen LogP contribution >= 0.6 is 0 Å². The molecule has 4 heterocycles. The van der Waals surface area contributed by atoms with Crippen LogP contribution in [0.5, 0.6) is 0 Å². The monoisotopic (exact) mass is 327 g/mol. The van der Waals surface area contributed by atoms with Gasteiger partial charge in [0, 0.05) is 49.6 Å². The molecule has 4 rings (SSSR count). The first kappa shape index (κ1) is 15.6. The van der Waals surface area contributed by atoms with E-state index < -0.39 is 0 Å². The molecule has 1 spiro atoms. The summed E-state index contributed by atoms with van der Waals surface area (Å²) in [4.78, 5) is 13.8. The number of rotatable bonds is 3. The van der Waals surface area contributed by atoms with Gasteiger partial charge in [-0.3, -0.25) is 4.90 Å². The number of hydrogen-bond acceptors (Lipinski definition) is 6. The molecule has 0 aliphatic carbocycles. The van der Waals surface area contributed by atoms with Gasteiger partial charge in [-0.1, -0.05) is 5.16 Å². The summed E-state index contributed by atoms with van der Waals surface area (Å²) in [7, 11) is 0. The van der Waals surface area contributed by atoms with Crippen LogP contribution in [0, 0.1) is 19.3 Å². The van der Waals surface area contributed by atoms with E-state index in [2.05, 4.69) is 24.9 Å². The van der Waals surface area contributed by atoms with Crippen LogP contribution in [0.1, 0.15) is 36.3 Å². The van der Waals surface area contributed by atoms with Crippen molar-refractivity contribution in [3.8, 4) is 0 Å². The van der Waals surface area contributed by atoms with E-state index >= 15 is 0 Å². The van der Waals surface area contributed by atoms with Crippen LogP contribution in [0.15, 0.2) is 23.0 Å². The molecule has 0 unspecified atom stereocenters. The molecule has 6 heteroatoms. The van der Waals surface area contributed by atoms with Gasteiger partial charge in [0.2, 0.25) is 5.95 Å². The maximum absolute atomic E-state index is 5.32. The van der Waals surface area contributed by atoms with E-state index in [1.807, 2.05) is 32.3 Å². The highest BCUT2D eigenvalue weighted by Crippen LogP contribution is 2.40. The standard InChI is InChI=1S/C18H25N5O/c1-14-16(15(2)24-21-14)11-22-10-6-18(12-22)5-3-9-23(13-18)17-19-7-4-8-20-17/h4,7-8H,3,5-6,9-13H2,1-2H3/t18-/m0/s1. The molecule has 0 bridgehead atoms. The van der Waals surface area contributed by atoms with Gasteiger partial charge in [0.05, 0.1) is 5.69 Å². The molecule has 0 radical (unpaired) electrons. The number of nitrogens with zero attached hydrogens (tertiary/aromatic N) is 5. The smallest absolute Gasteiger partial charge is 0.225 e. The lowest BCUT2D eigenvalue weighted by atomic mass is 9.79. The van der Waals surface area contributed by atoms with Gasteiger partial charge >= 0.3 is 0 Å². The van der Waals surface area contributed by atoms with Crippen molar-refractivity contribution in [1.82, 2.24) is 20.0 Å². The first-order valence-electron chi connectivity index (χ1n) is 8.81. The largest absolute Gasteiger partial charge is 0.361 e. The molecule has 0 amide bonds. The van der Waals surface area contributed by atoms with Crippen LogP contribution in [-0.2, 0) is 6.54 Å². The van der Waals surface area contributed by atoms with Gasteiger partial charge in [-0.05, 0) is 45.7 Å². The van der Waals surface area contributed by atoms with Gasteiger partial charge in [-0.2, -0.15) is 0 Å². The maximum Gasteiger partial charge on any atom is 0.225 e. The van der Waals surface area contributed by atoms with Gasteiger partial charge in [0.25, 0.3) is 0 Å². The minimum Gasteiger partial charge on any atom is -0.361 e. The summed E-state index contributed by atoms with van der Waals surface area (Å²) < 4.78 is 5.32. The quantitative estimate of drug-likeness (QED) is 0.863. The lowest BCUT2D eigenvalue weighted by molar-refractivity contribution is 0.215. The third-order valence-electron chi connectivity index (χ3n) is 5.58. The van der Waals surface area contributed by atoms with Crippen LogP contribution in [0.2, 0.25) is 0 Å². The number of likely N-dealkylation sites (tertiary alicyclic amines) is 1. The third kappa shape index (κ3) is 2.90. The number of piperidine rings is 1. The van der Waals surface area contributed by atoms with E-state index in [9.17, 15) is 0 Å². The van der Waals surface area contributed by atoms with Crippen molar-refractivity contribution in [3.05, 3.63) is 35.5 Å². The Morgan fingerprint density at radius 2 is 1.96 bits per heavy atom. The van der Waals surface area contributed by atoms with Crippen LogP contribution in [-0.4, -0.2) is 46.2 Å². The van der Waals surface area contributed by atoms with Gasteiger partial charge in [0.15, 0.2) is 0 Å². The Labute approximate surface area is 142 Å². The van der Waals surface area contributed by atoms with Gasteiger partial charge < -0.3 is 9.42 Å². The van der Waals surface area contributed by atoms with Crippen LogP contribution in [0.4, 0.5) is 5.95 Å². The minimum absolute atomic E-state index is 0.371. The van der Waals surface area contributed by atoms with Crippen molar-refractivity contribution in [2.75, 3.05) is 31.1 Å². The second-order valence-electron chi connectivity index (χ2n) is 7.34. The first-order valence-corrected chi connectivity index (χ1v) is 8.81. The molecule has 6 nitrogen and oxygen atoms in total. The Morgan fingerprint density at radius 3 is 2.71 bits per heavy atom. The van der Waals surface area contributed by atoms with Crippen LogP contribution in [0.25, 0.3) is 0 Å². The van der Waals surface area contributed by atoms with Crippen molar-refractivity contribution in [1.29, 1.82) is 0 Å². The molecule has 2 aliphatic rings. The molecule has 24 heavy (non-hydrogen) atoms. The maximum atomic E-state index is 5.32. The van der Waals surface area contributed by atoms with Crippen molar-refractivity contribution < 1.29 is 4.52 Å². The summed E-state index contributed by atoms with van der Waals surface area (Å²) in [5.74, 6) is 1.83. The van der Waals surface area contributed by atoms with Gasteiger partial charge in [-0.15, -0.1) is 0 Å². The summed E-state index contributed by atoms with van der Waals surface area (Å²) in [5, 5.41) is 4.09. The second-order valence-corrected chi connectivity index (χ2v) is 7.34. The summed E-state index contributed by atoms with van der Waals surface area (Å²) in [5.41, 5.74) is 2.65. The molecule has 128 valence electrons. The number of anilines is 1. The Hall–Kier alpha value is -1.95. The third-order valence-corrected chi connectivity index (χ3v) is 5.58. The Bertz CT molecular complexity index is 681. The lowest BCUT2D eigenvalue weighted by Gasteiger charge is -2.40. The molecular formula is C18H25N5O. The Balaban J connectivity index is 1.45. The van der Waals surface area contributed by atoms with Gasteiger partial charge in [0.1, 0.15) is 5.76 Å². The highest BCUT2D eigenvalue weighted by molar-refractivity contribution is 5.30. The molecule has 2 aliphatic heterocycles. The Kier molecular flexibility index (Phi) is 4.00. The predicted octanol–water partition coefficient (Wildman–Crippen LogP) is 2.57. The van der Waals surface area contributed by atoms with Crippen molar-refractivity contribution in [2.45, 2.75) is 39.7 Å². The first-order chi connectivity index (χ1) is 11.7. The van der Waals surface area contributed by atoms with Gasteiger partial charge in [-0.25, -0.2) is 9.97 Å².